The summed E-state index contributed by atoms with van der Waals surface area (Å²) < 4.78 is 30.0. The molecule has 4 rings (SSSR count). The fourth-order valence-corrected chi connectivity index (χ4v) is 4.57. The molecule has 1 saturated heterocycles. The monoisotopic (exact) mass is 431 g/mol. The Hall–Kier alpha value is -2.78. The van der Waals surface area contributed by atoms with Crippen LogP contribution in [-0.2, 0) is 13.6 Å². The first kappa shape index (κ1) is 21.5. The first-order chi connectivity index (χ1) is 14.7. The molecule has 9 heteroatoms. The van der Waals surface area contributed by atoms with E-state index in [9.17, 15) is 18.7 Å². The predicted molar refractivity (Wildman–Crippen MR) is 115 cm³/mol. The highest BCUT2D eigenvalue weighted by Gasteiger charge is 2.28. The molecule has 2 N–H and O–H groups in total. The second-order valence-corrected chi connectivity index (χ2v) is 8.48. The molecular formula is C22H27F2N5O2. The van der Waals surface area contributed by atoms with Crippen LogP contribution in [-0.4, -0.2) is 61.4 Å². The highest BCUT2D eigenvalue weighted by Crippen LogP contribution is 2.31. The van der Waals surface area contributed by atoms with Gasteiger partial charge < -0.3 is 10.1 Å². The highest BCUT2D eigenvalue weighted by atomic mass is 19.1. The van der Waals surface area contributed by atoms with Gasteiger partial charge in [0.2, 0.25) is 5.43 Å². The summed E-state index contributed by atoms with van der Waals surface area (Å²) in [7, 11) is 1.65. The summed E-state index contributed by atoms with van der Waals surface area (Å²) >= 11 is 0. The number of nitrogens with zero attached hydrogens (tertiary/aromatic N) is 4. The number of rotatable bonds is 4. The van der Waals surface area contributed by atoms with Crippen molar-refractivity contribution >= 4 is 11.0 Å². The van der Waals surface area contributed by atoms with E-state index in [1.165, 1.54) is 10.7 Å². The molecule has 1 aromatic carbocycles. The lowest BCUT2D eigenvalue weighted by molar-refractivity contribution is 0.0559. The topological polar surface area (TPSA) is 77.4 Å². The standard InChI is InChI=1S/C22H27F2N5O2/c1-12(2)29-9-8-28(10-13(29)3)11-16-18-20(30)21(31)19(25-22(18)27(4)26-16)17-14(23)6-5-7-15(17)24/h5-7,12-13,31H,8-11H2,1-4H3,(H,25,30). The zero-order chi connectivity index (χ0) is 22.4. The van der Waals surface area contributed by atoms with E-state index in [4.69, 9.17) is 0 Å². The van der Waals surface area contributed by atoms with E-state index in [2.05, 4.69) is 40.7 Å². The third-order valence-corrected chi connectivity index (χ3v) is 6.05. The zero-order valence-corrected chi connectivity index (χ0v) is 18.1. The second kappa shape index (κ2) is 8.05. The van der Waals surface area contributed by atoms with Crippen molar-refractivity contribution in [3.8, 4) is 17.0 Å². The van der Waals surface area contributed by atoms with Crippen LogP contribution in [0, 0.1) is 11.6 Å². The predicted octanol–water partition coefficient (Wildman–Crippen LogP) is 2.83. The van der Waals surface area contributed by atoms with Crippen molar-refractivity contribution in [2.75, 3.05) is 19.6 Å². The molecule has 7 nitrogen and oxygen atoms in total. The SMILES string of the molecule is CC(C)N1CCN(Cc2nn(C)c3[nH]c(-c4c(F)cccc4F)c(O)c(=O)c23)CC1C. The number of hydrogen-bond donors (Lipinski definition) is 2. The number of H-pyrrole nitrogens is 1. The van der Waals surface area contributed by atoms with Crippen LogP contribution >= 0.6 is 0 Å². The molecule has 0 saturated carbocycles. The molecule has 0 radical (unpaired) electrons. The van der Waals surface area contributed by atoms with Crippen LogP contribution in [0.25, 0.3) is 22.3 Å². The van der Waals surface area contributed by atoms with E-state index in [1.807, 2.05) is 0 Å². The van der Waals surface area contributed by atoms with E-state index in [0.29, 0.717) is 30.0 Å². The summed E-state index contributed by atoms with van der Waals surface area (Å²) in [5.41, 5.74) is -0.616. The number of piperazine rings is 1. The van der Waals surface area contributed by atoms with Crippen molar-refractivity contribution in [2.45, 2.75) is 39.4 Å². The zero-order valence-electron chi connectivity index (χ0n) is 18.1. The maximum atomic E-state index is 14.3. The van der Waals surface area contributed by atoms with Gasteiger partial charge in [0.1, 0.15) is 17.3 Å². The van der Waals surface area contributed by atoms with Crippen LogP contribution in [0.4, 0.5) is 8.78 Å². The van der Waals surface area contributed by atoms with Crippen molar-refractivity contribution in [3.05, 3.63) is 45.8 Å². The average molecular weight is 431 g/mol. The van der Waals surface area contributed by atoms with Crippen LogP contribution in [0.5, 0.6) is 5.75 Å². The van der Waals surface area contributed by atoms with E-state index in [0.717, 1.165) is 31.8 Å². The van der Waals surface area contributed by atoms with Gasteiger partial charge in [-0.3, -0.25) is 19.3 Å². The van der Waals surface area contributed by atoms with Gasteiger partial charge in [-0.05, 0) is 32.9 Å². The first-order valence-corrected chi connectivity index (χ1v) is 10.4. The maximum Gasteiger partial charge on any atom is 0.235 e. The lowest BCUT2D eigenvalue weighted by Gasteiger charge is -2.41. The van der Waals surface area contributed by atoms with Crippen molar-refractivity contribution in [3.63, 3.8) is 0 Å². The van der Waals surface area contributed by atoms with Gasteiger partial charge in [0, 0.05) is 45.3 Å². The Morgan fingerprint density at radius 3 is 2.55 bits per heavy atom. The molecule has 0 spiro atoms. The Kier molecular flexibility index (Phi) is 5.57. The minimum absolute atomic E-state index is 0.236. The van der Waals surface area contributed by atoms with Gasteiger partial charge in [-0.1, -0.05) is 6.07 Å². The van der Waals surface area contributed by atoms with Crippen molar-refractivity contribution in [2.24, 2.45) is 7.05 Å². The van der Waals surface area contributed by atoms with Gasteiger partial charge in [0.25, 0.3) is 0 Å². The molecule has 1 aliphatic rings. The quantitative estimate of drug-likeness (QED) is 0.664. The molecule has 0 aliphatic carbocycles. The van der Waals surface area contributed by atoms with Gasteiger partial charge in [-0.2, -0.15) is 5.10 Å². The number of pyridine rings is 1. The summed E-state index contributed by atoms with van der Waals surface area (Å²) in [6.07, 6.45) is 0. The Balaban J connectivity index is 1.74. The Labute approximate surface area is 178 Å². The van der Waals surface area contributed by atoms with E-state index in [1.54, 1.807) is 7.05 Å². The number of aromatic nitrogens is 3. The van der Waals surface area contributed by atoms with E-state index < -0.39 is 28.4 Å². The fourth-order valence-electron chi connectivity index (χ4n) is 4.57. The molecule has 0 amide bonds. The van der Waals surface area contributed by atoms with Crippen LogP contribution in [0.2, 0.25) is 0 Å². The molecule has 2 aromatic heterocycles. The van der Waals surface area contributed by atoms with Gasteiger partial charge in [-0.15, -0.1) is 0 Å². The summed E-state index contributed by atoms with van der Waals surface area (Å²) in [6.45, 7) is 9.57. The molecule has 31 heavy (non-hydrogen) atoms. The van der Waals surface area contributed by atoms with Gasteiger partial charge in [-0.25, -0.2) is 8.78 Å². The van der Waals surface area contributed by atoms with Crippen molar-refractivity contribution < 1.29 is 13.9 Å². The number of benzene rings is 1. The fraction of sp³-hybridized carbons (Fsp3) is 0.455. The molecule has 3 aromatic rings. The molecular weight excluding hydrogens is 404 g/mol. The van der Waals surface area contributed by atoms with Gasteiger partial charge in [0.15, 0.2) is 5.75 Å². The van der Waals surface area contributed by atoms with Crippen LogP contribution in [0.1, 0.15) is 26.5 Å². The molecule has 3 heterocycles. The van der Waals surface area contributed by atoms with Crippen LogP contribution in [0.3, 0.4) is 0 Å². The van der Waals surface area contributed by atoms with Gasteiger partial charge in [0.05, 0.1) is 22.3 Å². The van der Waals surface area contributed by atoms with Crippen molar-refractivity contribution in [1.29, 1.82) is 0 Å². The van der Waals surface area contributed by atoms with Gasteiger partial charge >= 0.3 is 0 Å². The lowest BCUT2D eigenvalue weighted by atomic mass is 10.1. The first-order valence-electron chi connectivity index (χ1n) is 10.4. The Morgan fingerprint density at radius 1 is 1.26 bits per heavy atom. The number of nitrogens with one attached hydrogen (secondary N) is 1. The van der Waals surface area contributed by atoms with E-state index in [-0.39, 0.29) is 11.1 Å². The molecule has 1 unspecified atom stereocenters. The summed E-state index contributed by atoms with van der Waals surface area (Å²) in [5, 5.41) is 15.3. The molecule has 1 fully saturated rings. The minimum Gasteiger partial charge on any atom is -0.503 e. The van der Waals surface area contributed by atoms with E-state index >= 15 is 0 Å². The smallest absolute Gasteiger partial charge is 0.235 e. The number of aromatic amines is 1. The normalized spacial score (nSPS) is 18.4. The van der Waals surface area contributed by atoms with Crippen LogP contribution < -0.4 is 5.43 Å². The maximum absolute atomic E-state index is 14.3. The highest BCUT2D eigenvalue weighted by molar-refractivity contribution is 5.84. The Bertz CT molecular complexity index is 1170. The number of fused-ring (bicyclic) bond motifs is 1. The van der Waals surface area contributed by atoms with Crippen molar-refractivity contribution in [1.82, 2.24) is 24.6 Å². The summed E-state index contributed by atoms with van der Waals surface area (Å²) in [6, 6.07) is 4.21. The lowest BCUT2D eigenvalue weighted by Crippen LogP contribution is -2.53. The number of halogens is 2. The second-order valence-electron chi connectivity index (χ2n) is 8.48. The summed E-state index contributed by atoms with van der Waals surface area (Å²) in [4.78, 5) is 20.5. The largest absolute Gasteiger partial charge is 0.503 e. The number of aryl methyl sites for hydroxylation is 1. The molecule has 1 atom stereocenters. The number of hydrogen-bond acceptors (Lipinski definition) is 5. The molecule has 1 aliphatic heterocycles. The third-order valence-electron chi connectivity index (χ3n) is 6.05. The summed E-state index contributed by atoms with van der Waals surface area (Å²) in [5.74, 6) is -2.46. The Morgan fingerprint density at radius 2 is 1.94 bits per heavy atom. The minimum atomic E-state index is -0.871. The molecule has 166 valence electrons. The third kappa shape index (κ3) is 3.72. The average Bonchev–Trinajstić information content (AvgIpc) is 3.00. The van der Waals surface area contributed by atoms with Crippen LogP contribution in [0.15, 0.2) is 23.0 Å². The molecule has 0 bridgehead atoms. The number of aromatic hydroxyl groups is 1.